The lowest BCUT2D eigenvalue weighted by Gasteiger charge is -2.01. The highest BCUT2D eigenvalue weighted by Crippen LogP contribution is 2.23. The summed E-state index contributed by atoms with van der Waals surface area (Å²) in [7, 11) is 0. The van der Waals surface area contributed by atoms with E-state index in [4.69, 9.17) is 11.5 Å². The number of aliphatic imine (C=N–C) groups is 1. The molecule has 0 aliphatic carbocycles. The maximum atomic E-state index is 6.01. The normalized spacial score (nSPS) is 11.2. The van der Waals surface area contributed by atoms with E-state index in [1.165, 1.54) is 0 Å². The molecule has 0 aliphatic heterocycles. The molecule has 22 heavy (non-hydrogen) atoms. The van der Waals surface area contributed by atoms with Crippen molar-refractivity contribution in [3.05, 3.63) is 58.7 Å². The first-order valence-electron chi connectivity index (χ1n) is 6.49. The van der Waals surface area contributed by atoms with Crippen LogP contribution < -0.4 is 11.5 Å². The number of hydrogen-bond donors (Lipinski definition) is 3. The zero-order valence-electron chi connectivity index (χ0n) is 11.7. The summed E-state index contributed by atoms with van der Waals surface area (Å²) in [5, 5.41) is 1.98. The van der Waals surface area contributed by atoms with Crippen molar-refractivity contribution in [2.45, 2.75) is 6.54 Å². The molecule has 7 heteroatoms. The minimum Gasteiger partial charge on any atom is -0.383 e. The number of amidine groups is 1. The van der Waals surface area contributed by atoms with Crippen LogP contribution in [0.5, 0.6) is 0 Å². The second-order valence-corrected chi connectivity index (χ2v) is 5.41. The number of imidazole rings is 1. The molecule has 0 spiro atoms. The Balaban J connectivity index is 0.00000176. The molecule has 0 unspecified atom stereocenters. The number of aromatic nitrogens is 2. The summed E-state index contributed by atoms with van der Waals surface area (Å²) in [6, 6.07) is 11.7. The van der Waals surface area contributed by atoms with Gasteiger partial charge in [0.1, 0.15) is 11.7 Å². The first-order chi connectivity index (χ1) is 10.3. The molecule has 0 radical (unpaired) electrons. The Morgan fingerprint density at radius 3 is 2.82 bits per heavy atom. The van der Waals surface area contributed by atoms with Crippen LogP contribution >= 0.6 is 23.7 Å². The van der Waals surface area contributed by atoms with Crippen LogP contribution in [0.2, 0.25) is 0 Å². The Morgan fingerprint density at radius 1 is 1.27 bits per heavy atom. The van der Waals surface area contributed by atoms with Crippen molar-refractivity contribution in [3.8, 4) is 11.3 Å². The first kappa shape index (κ1) is 16.2. The van der Waals surface area contributed by atoms with Crippen LogP contribution in [0.1, 0.15) is 10.7 Å². The van der Waals surface area contributed by atoms with Crippen LogP contribution in [-0.4, -0.2) is 15.8 Å². The fraction of sp³-hybridized carbons (Fsp3) is 0.0667. The highest BCUT2D eigenvalue weighted by Gasteiger charge is 2.05. The number of rotatable bonds is 4. The van der Waals surface area contributed by atoms with Gasteiger partial charge in [-0.25, -0.2) is 9.98 Å². The monoisotopic (exact) mass is 333 g/mol. The molecular formula is C15H16ClN5S. The fourth-order valence-electron chi connectivity index (χ4n) is 1.97. The molecule has 0 amide bonds. The summed E-state index contributed by atoms with van der Waals surface area (Å²) in [6.45, 7) is 0.392. The van der Waals surface area contributed by atoms with Crippen molar-refractivity contribution in [1.82, 2.24) is 9.97 Å². The molecule has 2 aromatic heterocycles. The van der Waals surface area contributed by atoms with E-state index in [9.17, 15) is 0 Å². The lowest BCUT2D eigenvalue weighted by Crippen LogP contribution is -2.10. The molecule has 0 aliphatic rings. The number of halogens is 1. The molecule has 0 saturated carbocycles. The largest absolute Gasteiger partial charge is 0.383 e. The van der Waals surface area contributed by atoms with E-state index in [2.05, 4.69) is 15.0 Å². The van der Waals surface area contributed by atoms with Crippen LogP contribution in [0.15, 0.2) is 53.0 Å². The van der Waals surface area contributed by atoms with Gasteiger partial charge in [-0.2, -0.15) is 0 Å². The van der Waals surface area contributed by atoms with E-state index < -0.39 is 0 Å². The van der Waals surface area contributed by atoms with Crippen molar-refractivity contribution < 1.29 is 0 Å². The molecule has 5 N–H and O–H groups in total. The smallest absolute Gasteiger partial charge is 0.141 e. The van der Waals surface area contributed by atoms with Crippen molar-refractivity contribution >= 4 is 35.3 Å². The molecule has 0 fully saturated rings. The average Bonchev–Trinajstić information content (AvgIpc) is 3.19. The van der Waals surface area contributed by atoms with E-state index in [0.29, 0.717) is 12.4 Å². The molecule has 5 nitrogen and oxygen atoms in total. The van der Waals surface area contributed by atoms with Gasteiger partial charge in [-0.3, -0.25) is 0 Å². The van der Waals surface area contributed by atoms with Gasteiger partial charge in [0.25, 0.3) is 0 Å². The molecule has 0 saturated heterocycles. The third-order valence-electron chi connectivity index (χ3n) is 2.99. The van der Waals surface area contributed by atoms with Gasteiger partial charge in [0.05, 0.1) is 22.8 Å². The molecule has 1 aromatic carbocycles. The Morgan fingerprint density at radius 2 is 2.14 bits per heavy atom. The van der Waals surface area contributed by atoms with Gasteiger partial charge in [-0.1, -0.05) is 18.2 Å². The predicted molar refractivity (Wildman–Crippen MR) is 93.9 cm³/mol. The molecule has 0 atom stereocenters. The standard InChI is InChI=1S/C15H15N5S.ClH/c16-8-14-18-9-12(20-14)10-3-1-4-11(7-10)19-15(17)13-5-2-6-21-13;/h1-7,9H,8,16H2,(H2,17,19)(H,18,20);1H. The zero-order valence-corrected chi connectivity index (χ0v) is 13.3. The summed E-state index contributed by atoms with van der Waals surface area (Å²) in [6.07, 6.45) is 1.84. The second-order valence-electron chi connectivity index (χ2n) is 4.46. The van der Waals surface area contributed by atoms with Gasteiger partial charge in [0, 0.05) is 11.8 Å². The number of hydrogen-bond acceptors (Lipinski definition) is 4. The van der Waals surface area contributed by atoms with Crippen LogP contribution in [0, 0.1) is 0 Å². The molecule has 2 heterocycles. The van der Waals surface area contributed by atoms with Crippen LogP contribution in [0.3, 0.4) is 0 Å². The Kier molecular flexibility index (Phi) is 5.32. The highest BCUT2D eigenvalue weighted by atomic mass is 35.5. The molecule has 114 valence electrons. The Bertz CT molecular complexity index is 764. The summed E-state index contributed by atoms with van der Waals surface area (Å²) < 4.78 is 0. The van der Waals surface area contributed by atoms with Crippen LogP contribution in [0.4, 0.5) is 5.69 Å². The summed E-state index contributed by atoms with van der Waals surface area (Å²) in [5.74, 6) is 1.28. The van der Waals surface area contributed by atoms with Crippen molar-refractivity contribution in [3.63, 3.8) is 0 Å². The maximum Gasteiger partial charge on any atom is 0.141 e. The van der Waals surface area contributed by atoms with E-state index >= 15 is 0 Å². The summed E-state index contributed by atoms with van der Waals surface area (Å²) >= 11 is 1.57. The Hall–Kier alpha value is -2.15. The molecule has 0 bridgehead atoms. The fourth-order valence-corrected chi connectivity index (χ4v) is 2.59. The number of nitrogens with one attached hydrogen (secondary N) is 1. The van der Waals surface area contributed by atoms with E-state index in [0.717, 1.165) is 27.6 Å². The van der Waals surface area contributed by atoms with E-state index in [-0.39, 0.29) is 12.4 Å². The van der Waals surface area contributed by atoms with E-state index in [1.807, 2.05) is 48.0 Å². The van der Waals surface area contributed by atoms with Crippen molar-refractivity contribution in [2.24, 2.45) is 16.5 Å². The topological polar surface area (TPSA) is 93.1 Å². The van der Waals surface area contributed by atoms with Gasteiger partial charge >= 0.3 is 0 Å². The maximum absolute atomic E-state index is 6.01. The zero-order chi connectivity index (χ0) is 14.7. The van der Waals surface area contributed by atoms with Crippen molar-refractivity contribution in [1.29, 1.82) is 0 Å². The third kappa shape index (κ3) is 3.54. The summed E-state index contributed by atoms with van der Waals surface area (Å²) in [5.41, 5.74) is 14.2. The second kappa shape index (κ2) is 7.22. The molecular weight excluding hydrogens is 318 g/mol. The van der Waals surface area contributed by atoms with E-state index in [1.54, 1.807) is 11.3 Å². The van der Waals surface area contributed by atoms with Crippen LogP contribution in [-0.2, 0) is 6.54 Å². The van der Waals surface area contributed by atoms with Gasteiger partial charge in [0.2, 0.25) is 0 Å². The number of nitrogens with two attached hydrogens (primary N) is 2. The number of thiophene rings is 1. The van der Waals surface area contributed by atoms with Gasteiger partial charge in [-0.05, 0) is 23.6 Å². The van der Waals surface area contributed by atoms with Crippen molar-refractivity contribution in [2.75, 3.05) is 0 Å². The highest BCUT2D eigenvalue weighted by molar-refractivity contribution is 7.12. The average molecular weight is 334 g/mol. The minimum atomic E-state index is 0. The number of aromatic amines is 1. The summed E-state index contributed by atoms with van der Waals surface area (Å²) in [4.78, 5) is 12.9. The predicted octanol–water partition coefficient (Wildman–Crippen LogP) is 3.06. The van der Waals surface area contributed by atoms with Crippen LogP contribution in [0.25, 0.3) is 11.3 Å². The lowest BCUT2D eigenvalue weighted by molar-refractivity contribution is 0.950. The molecule has 3 aromatic rings. The van der Waals surface area contributed by atoms with Gasteiger partial charge in [-0.15, -0.1) is 23.7 Å². The molecule has 3 rings (SSSR count). The minimum absolute atomic E-state index is 0. The number of benzene rings is 1. The quantitative estimate of drug-likeness (QED) is 0.506. The SMILES string of the molecule is Cl.NCc1nc(-c2cccc(N=C(N)c3cccs3)c2)c[nH]1. The van der Waals surface area contributed by atoms with Gasteiger partial charge < -0.3 is 16.5 Å². The lowest BCUT2D eigenvalue weighted by atomic mass is 10.1. The van der Waals surface area contributed by atoms with Gasteiger partial charge in [0.15, 0.2) is 0 Å². The number of nitrogens with zero attached hydrogens (tertiary/aromatic N) is 2. The first-order valence-corrected chi connectivity index (χ1v) is 7.37. The number of H-pyrrole nitrogens is 1. The Labute approximate surface area is 138 Å². The third-order valence-corrected chi connectivity index (χ3v) is 3.88.